The van der Waals surface area contributed by atoms with Gasteiger partial charge < -0.3 is 19.5 Å². The predicted octanol–water partition coefficient (Wildman–Crippen LogP) is 2.81. The first-order valence-corrected chi connectivity index (χ1v) is 7.21. The van der Waals surface area contributed by atoms with Gasteiger partial charge in [0, 0.05) is 25.8 Å². The fourth-order valence-corrected chi connectivity index (χ4v) is 2.84. The van der Waals surface area contributed by atoms with Crippen LogP contribution in [0.3, 0.4) is 0 Å². The number of rotatable bonds is 5. The molecule has 0 saturated heterocycles. The molecule has 112 valence electrons. The van der Waals surface area contributed by atoms with Crippen LogP contribution in [-0.4, -0.2) is 33.2 Å². The zero-order valence-electron chi connectivity index (χ0n) is 12.8. The van der Waals surface area contributed by atoms with E-state index in [1.807, 2.05) is 0 Å². The molecule has 0 spiro atoms. The zero-order valence-corrected chi connectivity index (χ0v) is 12.8. The number of fused-ring (bicyclic) bond motifs is 1. The van der Waals surface area contributed by atoms with Gasteiger partial charge >= 0.3 is 0 Å². The Morgan fingerprint density at radius 3 is 2.75 bits per heavy atom. The number of aryl methyl sites for hydroxylation is 1. The lowest BCUT2D eigenvalue weighted by Gasteiger charge is -2.28. The van der Waals surface area contributed by atoms with E-state index in [1.54, 1.807) is 14.2 Å². The van der Waals surface area contributed by atoms with Crippen molar-refractivity contribution in [1.82, 2.24) is 5.32 Å². The van der Waals surface area contributed by atoms with E-state index in [1.165, 1.54) is 11.1 Å². The van der Waals surface area contributed by atoms with E-state index in [9.17, 15) is 0 Å². The van der Waals surface area contributed by atoms with Crippen molar-refractivity contribution >= 4 is 0 Å². The van der Waals surface area contributed by atoms with Crippen molar-refractivity contribution in [3.8, 4) is 5.75 Å². The fraction of sp³-hybridized carbons (Fsp3) is 0.625. The minimum absolute atomic E-state index is 0.112. The van der Waals surface area contributed by atoms with Gasteiger partial charge in [-0.1, -0.05) is 18.2 Å². The smallest absolute Gasteiger partial charge is 0.171 e. The molecule has 0 bridgehead atoms. The Labute approximate surface area is 121 Å². The van der Waals surface area contributed by atoms with E-state index in [2.05, 4.69) is 37.4 Å². The maximum atomic E-state index is 5.90. The normalized spacial score (nSPS) is 20.1. The van der Waals surface area contributed by atoms with Crippen LogP contribution in [-0.2, 0) is 9.47 Å². The molecule has 1 aliphatic heterocycles. The number of nitrogens with one attached hydrogen (secondary N) is 1. The fourth-order valence-electron chi connectivity index (χ4n) is 2.84. The summed E-state index contributed by atoms with van der Waals surface area (Å²) < 4.78 is 16.6. The Balaban J connectivity index is 2.18. The number of ether oxygens (including phenoxy) is 3. The summed E-state index contributed by atoms with van der Waals surface area (Å²) in [7, 11) is 3.33. The first-order valence-electron chi connectivity index (χ1n) is 7.21. The maximum absolute atomic E-state index is 5.90. The van der Waals surface area contributed by atoms with Crippen LogP contribution in [0.1, 0.15) is 36.9 Å². The number of para-hydroxylation sites is 1. The number of benzene rings is 1. The molecule has 2 rings (SSSR count). The maximum Gasteiger partial charge on any atom is 0.171 e. The molecule has 4 nitrogen and oxygen atoms in total. The molecular formula is C16H25NO3. The Kier molecular flexibility index (Phi) is 5.40. The van der Waals surface area contributed by atoms with Crippen molar-refractivity contribution in [3.05, 3.63) is 29.3 Å². The van der Waals surface area contributed by atoms with E-state index in [0.29, 0.717) is 0 Å². The highest BCUT2D eigenvalue weighted by atomic mass is 16.7. The predicted molar refractivity (Wildman–Crippen MR) is 79.1 cm³/mol. The quantitative estimate of drug-likeness (QED) is 0.841. The summed E-state index contributed by atoms with van der Waals surface area (Å²) in [6.45, 7) is 4.96. The highest BCUT2D eigenvalue weighted by molar-refractivity contribution is 5.43. The Morgan fingerprint density at radius 1 is 1.30 bits per heavy atom. The van der Waals surface area contributed by atoms with Crippen molar-refractivity contribution in [2.75, 3.05) is 20.8 Å². The molecule has 0 radical (unpaired) electrons. The van der Waals surface area contributed by atoms with Crippen LogP contribution in [0.25, 0.3) is 0 Å². The topological polar surface area (TPSA) is 39.7 Å². The molecule has 1 aliphatic rings. The first kappa shape index (κ1) is 15.3. The molecule has 2 unspecified atom stereocenters. The van der Waals surface area contributed by atoms with E-state index >= 15 is 0 Å². The molecule has 0 aliphatic carbocycles. The molecule has 1 aromatic carbocycles. The van der Waals surface area contributed by atoms with Crippen LogP contribution in [0.15, 0.2) is 18.2 Å². The van der Waals surface area contributed by atoms with Gasteiger partial charge in [0.15, 0.2) is 6.29 Å². The second-order valence-corrected chi connectivity index (χ2v) is 5.33. The molecule has 4 heteroatoms. The summed E-state index contributed by atoms with van der Waals surface area (Å²) in [5, 5.41) is 3.61. The van der Waals surface area contributed by atoms with Crippen LogP contribution >= 0.6 is 0 Å². The van der Waals surface area contributed by atoms with Crippen molar-refractivity contribution in [2.45, 2.75) is 45.1 Å². The van der Waals surface area contributed by atoms with Gasteiger partial charge in [-0.3, -0.25) is 0 Å². The van der Waals surface area contributed by atoms with Crippen molar-refractivity contribution in [3.63, 3.8) is 0 Å². The SMILES string of the molecule is COC(OC)C(C)NC1CCCOc2c(C)cccc21. The Morgan fingerprint density at radius 2 is 2.05 bits per heavy atom. The Bertz CT molecular complexity index is 432. The van der Waals surface area contributed by atoms with Crippen molar-refractivity contribution in [1.29, 1.82) is 0 Å². The number of hydrogen-bond acceptors (Lipinski definition) is 4. The molecule has 0 amide bonds. The lowest BCUT2D eigenvalue weighted by molar-refractivity contribution is -0.121. The molecule has 1 N–H and O–H groups in total. The lowest BCUT2D eigenvalue weighted by Crippen LogP contribution is -2.41. The van der Waals surface area contributed by atoms with Gasteiger partial charge in [0.05, 0.1) is 12.6 Å². The number of methoxy groups -OCH3 is 2. The number of hydrogen-bond donors (Lipinski definition) is 1. The molecule has 0 fully saturated rings. The second kappa shape index (κ2) is 7.07. The molecule has 2 atom stereocenters. The largest absolute Gasteiger partial charge is 0.493 e. The van der Waals surface area contributed by atoms with Gasteiger partial charge in [-0.25, -0.2) is 0 Å². The molecule has 0 saturated carbocycles. The van der Waals surface area contributed by atoms with Crippen LogP contribution in [0.5, 0.6) is 5.75 Å². The van der Waals surface area contributed by atoms with Gasteiger partial charge in [-0.15, -0.1) is 0 Å². The highest BCUT2D eigenvalue weighted by Gasteiger charge is 2.25. The van der Waals surface area contributed by atoms with Crippen LogP contribution in [0.2, 0.25) is 0 Å². The monoisotopic (exact) mass is 279 g/mol. The van der Waals surface area contributed by atoms with Crippen LogP contribution in [0, 0.1) is 6.92 Å². The second-order valence-electron chi connectivity index (χ2n) is 5.33. The highest BCUT2D eigenvalue weighted by Crippen LogP contribution is 2.34. The van der Waals surface area contributed by atoms with Gasteiger partial charge in [-0.2, -0.15) is 0 Å². The molecule has 0 aromatic heterocycles. The Hall–Kier alpha value is -1.10. The van der Waals surface area contributed by atoms with E-state index in [0.717, 1.165) is 25.2 Å². The van der Waals surface area contributed by atoms with Crippen molar-refractivity contribution < 1.29 is 14.2 Å². The summed E-state index contributed by atoms with van der Waals surface area (Å²) >= 11 is 0. The average Bonchev–Trinajstić information content (AvgIpc) is 2.64. The van der Waals surface area contributed by atoms with E-state index in [-0.39, 0.29) is 18.4 Å². The summed E-state index contributed by atoms with van der Waals surface area (Å²) in [5.74, 6) is 1.03. The van der Waals surface area contributed by atoms with Gasteiger partial charge in [0.25, 0.3) is 0 Å². The van der Waals surface area contributed by atoms with Crippen LogP contribution in [0.4, 0.5) is 0 Å². The molecule has 20 heavy (non-hydrogen) atoms. The first-order chi connectivity index (χ1) is 9.67. The summed E-state index contributed by atoms with van der Waals surface area (Å²) in [4.78, 5) is 0. The molecular weight excluding hydrogens is 254 g/mol. The average molecular weight is 279 g/mol. The third kappa shape index (κ3) is 3.32. The van der Waals surface area contributed by atoms with Gasteiger partial charge in [0.1, 0.15) is 5.75 Å². The summed E-state index contributed by atoms with van der Waals surface area (Å²) in [6, 6.07) is 6.72. The van der Waals surface area contributed by atoms with E-state index < -0.39 is 0 Å². The molecule has 1 aromatic rings. The standard InChI is InChI=1S/C16H25NO3/c1-11-7-5-8-13-14(9-6-10-20-15(11)13)17-12(2)16(18-3)19-4/h5,7-8,12,14,16-17H,6,9-10H2,1-4H3. The van der Waals surface area contributed by atoms with Crippen LogP contribution < -0.4 is 10.1 Å². The summed E-state index contributed by atoms with van der Waals surface area (Å²) in [6.07, 6.45) is 1.86. The summed E-state index contributed by atoms with van der Waals surface area (Å²) in [5.41, 5.74) is 2.43. The zero-order chi connectivity index (χ0) is 14.5. The lowest BCUT2D eigenvalue weighted by atomic mass is 9.99. The minimum atomic E-state index is -0.243. The minimum Gasteiger partial charge on any atom is -0.493 e. The van der Waals surface area contributed by atoms with Gasteiger partial charge in [0.2, 0.25) is 0 Å². The van der Waals surface area contributed by atoms with Crippen molar-refractivity contribution in [2.24, 2.45) is 0 Å². The molecule has 1 heterocycles. The third-order valence-corrected chi connectivity index (χ3v) is 3.84. The van der Waals surface area contributed by atoms with E-state index in [4.69, 9.17) is 14.2 Å². The van der Waals surface area contributed by atoms with Gasteiger partial charge in [-0.05, 0) is 32.3 Å². The third-order valence-electron chi connectivity index (χ3n) is 3.84.